The van der Waals surface area contributed by atoms with Crippen LogP contribution in [0.3, 0.4) is 0 Å². The largest absolute Gasteiger partial charge is 0.570 e. The Morgan fingerprint density at radius 2 is 2.27 bits per heavy atom. The minimum atomic E-state index is -1.46. The third-order valence-electron chi connectivity index (χ3n) is 2.29. The average molecular weight is 218 g/mol. The zero-order valence-electron chi connectivity index (χ0n) is 7.58. The van der Waals surface area contributed by atoms with Crippen LogP contribution in [0.1, 0.15) is 0 Å². The Bertz CT molecular complexity index is 759. The van der Waals surface area contributed by atoms with Gasteiger partial charge in [-0.25, -0.2) is 4.98 Å². The van der Waals surface area contributed by atoms with Crippen molar-refractivity contribution in [3.63, 3.8) is 0 Å². The molecule has 0 N–H and O–H groups in total. The number of pyridine rings is 1. The van der Waals surface area contributed by atoms with Gasteiger partial charge in [0.2, 0.25) is 0 Å². The van der Waals surface area contributed by atoms with E-state index in [1.807, 2.05) is 18.2 Å². The number of aromatic nitrogens is 2. The molecule has 2 aliphatic heterocycles. The van der Waals surface area contributed by atoms with E-state index < -0.39 is 16.5 Å². The highest BCUT2D eigenvalue weighted by Gasteiger charge is 2.10. The smallest absolute Gasteiger partial charge is 0.332 e. The summed E-state index contributed by atoms with van der Waals surface area (Å²) < 4.78 is 13.8. The highest BCUT2D eigenvalue weighted by Crippen LogP contribution is 2.16. The summed E-state index contributed by atoms with van der Waals surface area (Å²) in [5.41, 5.74) is 0.414. The van der Waals surface area contributed by atoms with E-state index in [1.54, 1.807) is 16.1 Å². The van der Waals surface area contributed by atoms with Gasteiger partial charge >= 0.3 is 5.56 Å². The summed E-state index contributed by atoms with van der Waals surface area (Å²) in [5, 5.41) is 0.657. The van der Waals surface area contributed by atoms with Gasteiger partial charge in [0.05, 0.1) is 27.9 Å². The second kappa shape index (κ2) is 2.88. The van der Waals surface area contributed by atoms with Crippen LogP contribution < -0.4 is 5.56 Å². The molecule has 15 heavy (non-hydrogen) atoms. The molecule has 1 unspecified atom stereocenters. The molecule has 5 heteroatoms. The summed E-state index contributed by atoms with van der Waals surface area (Å²) in [4.78, 5) is 15.0. The number of fused-ring (bicyclic) bond motifs is 1. The number of rotatable bonds is 0. The van der Waals surface area contributed by atoms with Crippen LogP contribution in [0.25, 0.3) is 5.52 Å². The van der Waals surface area contributed by atoms with Gasteiger partial charge in [0.15, 0.2) is 0 Å². The highest BCUT2D eigenvalue weighted by molar-refractivity contribution is 7.18. The van der Waals surface area contributed by atoms with Crippen molar-refractivity contribution in [1.29, 1.82) is 0 Å². The molecule has 3 heterocycles. The molecule has 0 radical (unpaired) electrons. The summed E-state index contributed by atoms with van der Waals surface area (Å²) in [5.74, 6) is 0. The molecule has 4 nitrogen and oxygen atoms in total. The van der Waals surface area contributed by atoms with Crippen LogP contribution in [0.15, 0.2) is 41.5 Å². The summed E-state index contributed by atoms with van der Waals surface area (Å²) >= 11 is 0. The Hall–Kier alpha value is -1.72. The van der Waals surface area contributed by atoms with Gasteiger partial charge in [-0.1, -0.05) is 6.07 Å². The molecule has 0 aliphatic carbocycles. The fourth-order valence-electron chi connectivity index (χ4n) is 1.61. The Labute approximate surface area is 87.0 Å². The van der Waals surface area contributed by atoms with E-state index in [2.05, 4.69) is 4.98 Å². The van der Waals surface area contributed by atoms with Gasteiger partial charge in [-0.3, -0.25) is 4.79 Å². The summed E-state index contributed by atoms with van der Waals surface area (Å²) in [7, 11) is -1.46. The number of hydrogen-bond acceptors (Lipinski definition) is 3. The van der Waals surface area contributed by atoms with Crippen molar-refractivity contribution in [2.24, 2.45) is 0 Å². The van der Waals surface area contributed by atoms with E-state index in [0.29, 0.717) is 5.22 Å². The first-order chi connectivity index (χ1) is 7.27. The quantitative estimate of drug-likeness (QED) is 0.532. The SMILES string of the molecule is O=c1ncc2cc3ccccn3[s+]([O-])c1=2. The van der Waals surface area contributed by atoms with Gasteiger partial charge in [-0.05, 0) is 18.2 Å². The van der Waals surface area contributed by atoms with E-state index in [-0.39, 0.29) is 4.53 Å². The maximum absolute atomic E-state index is 12.0. The minimum Gasteiger partial charge on any atom is -0.570 e. The van der Waals surface area contributed by atoms with Crippen molar-refractivity contribution in [2.75, 3.05) is 0 Å². The molecule has 0 fully saturated rings. The van der Waals surface area contributed by atoms with Gasteiger partial charge in [0, 0.05) is 6.20 Å². The number of nitrogens with zero attached hydrogens (tertiary/aromatic N) is 2. The molecule has 1 atom stereocenters. The van der Waals surface area contributed by atoms with Gasteiger partial charge in [-0.15, -0.1) is 0 Å². The second-order valence-electron chi connectivity index (χ2n) is 3.19. The van der Waals surface area contributed by atoms with Crippen LogP contribution in [0.2, 0.25) is 0 Å². The van der Waals surface area contributed by atoms with Crippen LogP contribution in [-0.4, -0.2) is 13.3 Å². The molecular weight excluding hydrogens is 212 g/mol. The monoisotopic (exact) mass is 218 g/mol. The van der Waals surface area contributed by atoms with Crippen LogP contribution >= 0.6 is 10.9 Å². The Balaban J connectivity index is 2.75. The summed E-state index contributed by atoms with van der Waals surface area (Å²) in [6.07, 6.45) is 3.16. The van der Waals surface area contributed by atoms with E-state index in [4.69, 9.17) is 0 Å². The molecular formula is C10H6N2O2S. The average Bonchev–Trinajstić information content (AvgIpc) is 2.61. The van der Waals surface area contributed by atoms with Crippen molar-refractivity contribution >= 4 is 16.5 Å². The van der Waals surface area contributed by atoms with Crippen LogP contribution in [-0.2, 0) is 0 Å². The maximum atomic E-state index is 12.0. The highest BCUT2D eigenvalue weighted by atomic mass is 32.2. The molecule has 0 spiro atoms. The van der Waals surface area contributed by atoms with E-state index >= 15 is 0 Å². The summed E-state index contributed by atoms with van der Waals surface area (Å²) in [6.45, 7) is 0. The van der Waals surface area contributed by atoms with Crippen LogP contribution in [0.5, 0.6) is 0 Å². The van der Waals surface area contributed by atoms with Gasteiger partial charge in [0.25, 0.3) is 4.53 Å². The van der Waals surface area contributed by atoms with Crippen molar-refractivity contribution in [3.05, 3.63) is 56.8 Å². The first-order valence-electron chi connectivity index (χ1n) is 4.38. The molecule has 0 aromatic carbocycles. The lowest BCUT2D eigenvalue weighted by atomic mass is 10.3. The fraction of sp³-hybridized carbons (Fsp3) is 0. The Morgan fingerprint density at radius 1 is 1.40 bits per heavy atom. The lowest BCUT2D eigenvalue weighted by molar-refractivity contribution is 0.585. The van der Waals surface area contributed by atoms with Crippen molar-refractivity contribution in [3.8, 4) is 0 Å². The first kappa shape index (κ1) is 8.58. The topological polar surface area (TPSA) is 57.4 Å². The predicted molar refractivity (Wildman–Crippen MR) is 55.4 cm³/mol. The molecule has 0 bridgehead atoms. The Kier molecular flexibility index (Phi) is 1.65. The lowest BCUT2D eigenvalue weighted by Crippen LogP contribution is -2.01. The molecule has 1 aromatic rings. The lowest BCUT2D eigenvalue weighted by Gasteiger charge is -2.00. The van der Waals surface area contributed by atoms with E-state index in [0.717, 1.165) is 5.52 Å². The normalized spacial score (nSPS) is 12.5. The zero-order valence-corrected chi connectivity index (χ0v) is 8.40. The zero-order chi connectivity index (χ0) is 10.4. The molecule has 1 aromatic heterocycles. The van der Waals surface area contributed by atoms with Gasteiger partial charge in [0.1, 0.15) is 0 Å². The van der Waals surface area contributed by atoms with Gasteiger partial charge < -0.3 is 4.55 Å². The van der Waals surface area contributed by atoms with Crippen molar-refractivity contribution < 1.29 is 4.55 Å². The second-order valence-corrected chi connectivity index (χ2v) is 4.49. The third kappa shape index (κ3) is 1.10. The molecule has 0 amide bonds. The van der Waals surface area contributed by atoms with Crippen LogP contribution in [0, 0.1) is 9.75 Å². The third-order valence-corrected chi connectivity index (χ3v) is 3.74. The molecule has 2 aliphatic rings. The molecule has 0 saturated carbocycles. The van der Waals surface area contributed by atoms with Crippen molar-refractivity contribution in [2.45, 2.75) is 0 Å². The standard InChI is InChI=1S/C10H6N2O2S/c13-10-9-7(6-11-10)5-8-3-1-2-4-12(8)15(9)14/h1-6H. The molecule has 74 valence electrons. The first-order valence-corrected chi connectivity index (χ1v) is 5.48. The van der Waals surface area contributed by atoms with Crippen LogP contribution in [0.4, 0.5) is 0 Å². The fourth-order valence-corrected chi connectivity index (χ4v) is 2.81. The maximum Gasteiger partial charge on any atom is 0.332 e. The number of hydrogen-bond donors (Lipinski definition) is 0. The molecule has 3 rings (SSSR count). The predicted octanol–water partition coefficient (Wildman–Crippen LogP) is 1.15. The van der Waals surface area contributed by atoms with E-state index in [1.165, 1.54) is 6.20 Å². The molecule has 0 saturated heterocycles. The van der Waals surface area contributed by atoms with Gasteiger partial charge in [-0.2, -0.15) is 3.79 Å². The minimum absolute atomic E-state index is 0.277. The van der Waals surface area contributed by atoms with Crippen molar-refractivity contribution in [1.82, 2.24) is 8.77 Å². The Morgan fingerprint density at radius 3 is 3.13 bits per heavy atom. The summed E-state index contributed by atoms with van der Waals surface area (Å²) in [6, 6.07) is 7.30. The van der Waals surface area contributed by atoms with E-state index in [9.17, 15) is 9.35 Å².